The van der Waals surface area contributed by atoms with Crippen LogP contribution in [0.4, 0.5) is 0 Å². The molecule has 0 spiro atoms. The van der Waals surface area contributed by atoms with E-state index in [-0.39, 0.29) is 17.4 Å². The van der Waals surface area contributed by atoms with Crippen LogP contribution in [0.25, 0.3) is 11.1 Å². The Kier molecular flexibility index (Phi) is 7.08. The fraction of sp³-hybridized carbons (Fsp3) is 0.440. The molecule has 4 rings (SSSR count). The van der Waals surface area contributed by atoms with Crippen molar-refractivity contribution in [3.63, 3.8) is 0 Å². The maximum atomic E-state index is 13.1. The van der Waals surface area contributed by atoms with E-state index in [0.29, 0.717) is 28.6 Å². The number of methoxy groups -OCH3 is 1. The summed E-state index contributed by atoms with van der Waals surface area (Å²) in [6.45, 7) is 0.787. The van der Waals surface area contributed by atoms with Crippen LogP contribution >= 0.6 is 23.2 Å². The summed E-state index contributed by atoms with van der Waals surface area (Å²) < 4.78 is 5.45. The lowest BCUT2D eigenvalue weighted by Crippen LogP contribution is -2.41. The largest absolute Gasteiger partial charge is 0.478 e. The van der Waals surface area contributed by atoms with Crippen LogP contribution in [-0.4, -0.2) is 47.7 Å². The first-order valence-corrected chi connectivity index (χ1v) is 11.8. The highest BCUT2D eigenvalue weighted by atomic mass is 35.5. The van der Waals surface area contributed by atoms with Gasteiger partial charge in [0, 0.05) is 35.7 Å². The van der Waals surface area contributed by atoms with E-state index in [2.05, 4.69) is 4.90 Å². The maximum Gasteiger partial charge on any atom is 0.335 e. The minimum atomic E-state index is -0.968. The number of nitrogens with zero attached hydrogens (tertiary/aromatic N) is 1. The number of carboxylic acids is 1. The predicted octanol–water partition coefficient (Wildman–Crippen LogP) is 5.71. The highest BCUT2D eigenvalue weighted by Gasteiger charge is 2.37. The quantitative estimate of drug-likeness (QED) is 0.580. The van der Waals surface area contributed by atoms with Crippen LogP contribution < -0.4 is 0 Å². The van der Waals surface area contributed by atoms with E-state index in [4.69, 9.17) is 33.0 Å². The van der Waals surface area contributed by atoms with Gasteiger partial charge in [-0.1, -0.05) is 35.3 Å². The lowest BCUT2D eigenvalue weighted by molar-refractivity contribution is -0.134. The second-order valence-electron chi connectivity index (χ2n) is 8.69. The Bertz CT molecular complexity index is 976. The molecule has 0 aromatic heterocycles. The molecule has 1 atom stereocenters. The Hall–Kier alpha value is -2.08. The number of carboxylic acid groups (broad SMARTS) is 1. The lowest BCUT2D eigenvalue weighted by atomic mass is 9.91. The minimum Gasteiger partial charge on any atom is -0.478 e. The van der Waals surface area contributed by atoms with Gasteiger partial charge in [-0.05, 0) is 79.5 Å². The van der Waals surface area contributed by atoms with Crippen LogP contribution in [0.2, 0.25) is 10.0 Å². The SMILES string of the molecule is COC1CCC(N2CC[C@@H](Cc3c(Cl)cc(-c4ccc(C(=O)O)cc4)cc3Cl)C2=O)CC1. The number of amides is 1. The van der Waals surface area contributed by atoms with Crippen LogP contribution in [-0.2, 0) is 16.0 Å². The van der Waals surface area contributed by atoms with Crippen molar-refractivity contribution in [2.24, 2.45) is 5.92 Å². The average molecular weight is 476 g/mol. The van der Waals surface area contributed by atoms with Gasteiger partial charge in [0.1, 0.15) is 0 Å². The zero-order valence-electron chi connectivity index (χ0n) is 18.0. The average Bonchev–Trinajstić information content (AvgIpc) is 3.16. The predicted molar refractivity (Wildman–Crippen MR) is 125 cm³/mol. The normalized spacial score (nSPS) is 23.5. The van der Waals surface area contributed by atoms with Crippen LogP contribution in [0.15, 0.2) is 36.4 Å². The molecule has 7 heteroatoms. The molecule has 1 aliphatic heterocycles. The number of halogens is 2. The topological polar surface area (TPSA) is 66.8 Å². The molecule has 32 heavy (non-hydrogen) atoms. The Morgan fingerprint density at radius 1 is 1.03 bits per heavy atom. The van der Waals surface area contributed by atoms with Crippen LogP contribution in [0.5, 0.6) is 0 Å². The number of aromatic carboxylic acids is 1. The molecule has 2 aromatic carbocycles. The number of rotatable bonds is 6. The number of likely N-dealkylation sites (tertiary alicyclic amines) is 1. The van der Waals surface area contributed by atoms with Gasteiger partial charge < -0.3 is 14.7 Å². The minimum absolute atomic E-state index is 0.106. The third-order valence-electron chi connectivity index (χ3n) is 6.83. The summed E-state index contributed by atoms with van der Waals surface area (Å²) in [6.07, 6.45) is 5.65. The second-order valence-corrected chi connectivity index (χ2v) is 9.50. The van der Waals surface area contributed by atoms with Crippen LogP contribution in [0.3, 0.4) is 0 Å². The number of benzene rings is 2. The van der Waals surface area contributed by atoms with Crippen molar-refractivity contribution in [3.05, 3.63) is 57.6 Å². The number of ether oxygens (including phenoxy) is 1. The summed E-state index contributed by atoms with van der Waals surface area (Å²) in [6, 6.07) is 10.6. The molecule has 1 aliphatic carbocycles. The Labute approximate surface area is 198 Å². The summed E-state index contributed by atoms with van der Waals surface area (Å²) in [4.78, 5) is 26.2. The van der Waals surface area contributed by atoms with Crippen LogP contribution in [0.1, 0.15) is 48.0 Å². The van der Waals surface area contributed by atoms with Gasteiger partial charge in [-0.15, -0.1) is 0 Å². The zero-order chi connectivity index (χ0) is 22.8. The van der Waals surface area contributed by atoms with E-state index in [9.17, 15) is 9.59 Å². The molecule has 5 nitrogen and oxygen atoms in total. The molecule has 1 saturated heterocycles. The van der Waals surface area contributed by atoms with Crippen molar-refractivity contribution in [1.29, 1.82) is 0 Å². The number of hydrogen-bond acceptors (Lipinski definition) is 3. The van der Waals surface area contributed by atoms with Gasteiger partial charge in [-0.2, -0.15) is 0 Å². The Morgan fingerprint density at radius 3 is 2.22 bits per heavy atom. The first-order valence-electron chi connectivity index (χ1n) is 11.0. The van der Waals surface area contributed by atoms with Crippen molar-refractivity contribution in [1.82, 2.24) is 4.90 Å². The molecule has 1 heterocycles. The third kappa shape index (κ3) is 4.80. The van der Waals surface area contributed by atoms with Crippen molar-refractivity contribution in [3.8, 4) is 11.1 Å². The lowest BCUT2D eigenvalue weighted by Gasteiger charge is -2.34. The summed E-state index contributed by atoms with van der Waals surface area (Å²) in [5.74, 6) is -0.873. The van der Waals surface area contributed by atoms with E-state index in [0.717, 1.165) is 55.3 Å². The Morgan fingerprint density at radius 2 is 1.66 bits per heavy atom. The van der Waals surface area contributed by atoms with E-state index in [1.54, 1.807) is 31.4 Å². The first-order chi connectivity index (χ1) is 15.4. The fourth-order valence-electron chi connectivity index (χ4n) is 4.92. The van der Waals surface area contributed by atoms with E-state index in [1.165, 1.54) is 0 Å². The zero-order valence-corrected chi connectivity index (χ0v) is 19.5. The van der Waals surface area contributed by atoms with E-state index >= 15 is 0 Å². The van der Waals surface area contributed by atoms with Crippen molar-refractivity contribution < 1.29 is 19.4 Å². The van der Waals surface area contributed by atoms with Crippen LogP contribution in [0, 0.1) is 5.92 Å². The molecule has 0 radical (unpaired) electrons. The highest BCUT2D eigenvalue weighted by Crippen LogP contribution is 2.36. The summed E-state index contributed by atoms with van der Waals surface area (Å²) in [7, 11) is 1.76. The monoisotopic (exact) mass is 475 g/mol. The standard InChI is InChI=1S/C25H27Cl2NO4/c1-32-20-8-6-19(7-9-20)28-11-10-17(24(28)29)12-21-22(26)13-18(14-23(21)27)15-2-4-16(5-3-15)25(30)31/h2-5,13-14,17,19-20H,6-12H2,1H3,(H,30,31)/t17-,19?,20?/m0/s1. The second kappa shape index (κ2) is 9.82. The van der Waals surface area contributed by atoms with Gasteiger partial charge in [-0.3, -0.25) is 4.79 Å². The molecule has 1 N–H and O–H groups in total. The van der Waals surface area contributed by atoms with Crippen molar-refractivity contribution in [2.45, 2.75) is 50.7 Å². The van der Waals surface area contributed by atoms with E-state index < -0.39 is 5.97 Å². The molecule has 2 fully saturated rings. The van der Waals surface area contributed by atoms with E-state index in [1.807, 2.05) is 12.1 Å². The molecule has 1 saturated carbocycles. The smallest absolute Gasteiger partial charge is 0.335 e. The molecule has 0 unspecified atom stereocenters. The van der Waals surface area contributed by atoms with Gasteiger partial charge in [0.15, 0.2) is 0 Å². The number of carbonyl (C=O) groups is 2. The summed E-state index contributed by atoms with van der Waals surface area (Å²) >= 11 is 13.2. The van der Waals surface area contributed by atoms with Crippen molar-refractivity contribution >= 4 is 35.1 Å². The molecule has 2 aromatic rings. The molecular formula is C25H27Cl2NO4. The third-order valence-corrected chi connectivity index (χ3v) is 7.50. The number of hydrogen-bond donors (Lipinski definition) is 1. The maximum absolute atomic E-state index is 13.1. The van der Waals surface area contributed by atoms with Gasteiger partial charge in [-0.25, -0.2) is 4.79 Å². The first kappa shape index (κ1) is 23.1. The van der Waals surface area contributed by atoms with Gasteiger partial charge in [0.05, 0.1) is 11.7 Å². The van der Waals surface area contributed by atoms with Crippen molar-refractivity contribution in [2.75, 3.05) is 13.7 Å². The van der Waals surface area contributed by atoms with Gasteiger partial charge >= 0.3 is 5.97 Å². The summed E-state index contributed by atoms with van der Waals surface area (Å²) in [5, 5.41) is 10.1. The summed E-state index contributed by atoms with van der Waals surface area (Å²) in [5.41, 5.74) is 2.67. The highest BCUT2D eigenvalue weighted by molar-refractivity contribution is 6.36. The number of carbonyl (C=O) groups excluding carboxylic acids is 1. The molecule has 0 bridgehead atoms. The fourth-order valence-corrected chi connectivity index (χ4v) is 5.57. The van der Waals surface area contributed by atoms with Gasteiger partial charge in [0.2, 0.25) is 5.91 Å². The molecular weight excluding hydrogens is 449 g/mol. The molecule has 1 amide bonds. The Balaban J connectivity index is 1.45. The molecule has 2 aliphatic rings. The molecule has 170 valence electrons. The van der Waals surface area contributed by atoms with Gasteiger partial charge in [0.25, 0.3) is 0 Å².